The van der Waals surface area contributed by atoms with E-state index in [-0.39, 0.29) is 11.7 Å². The van der Waals surface area contributed by atoms with Crippen LogP contribution in [0.25, 0.3) is 11.3 Å². The van der Waals surface area contributed by atoms with Crippen molar-refractivity contribution in [3.8, 4) is 11.3 Å². The molecule has 1 aromatic heterocycles. The number of rotatable bonds is 4. The van der Waals surface area contributed by atoms with Crippen LogP contribution in [0.5, 0.6) is 0 Å². The summed E-state index contributed by atoms with van der Waals surface area (Å²) in [5.41, 5.74) is 3.69. The molecule has 0 spiro atoms. The Morgan fingerprint density at radius 2 is 1.71 bits per heavy atom. The van der Waals surface area contributed by atoms with Crippen LogP contribution in [0.4, 0.5) is 10.1 Å². The smallest absolute Gasteiger partial charge is 0.253 e. The number of piperazine rings is 1. The predicted octanol–water partition coefficient (Wildman–Crippen LogP) is 4.47. The van der Waals surface area contributed by atoms with Crippen LogP contribution < -0.4 is 4.90 Å². The lowest BCUT2D eigenvalue weighted by molar-refractivity contribution is 0.0747. The number of aromatic nitrogens is 1. The third-order valence-corrected chi connectivity index (χ3v) is 6.03. The molecular formula is C22H22FN3OS. The van der Waals surface area contributed by atoms with Crippen molar-refractivity contribution >= 4 is 22.9 Å². The van der Waals surface area contributed by atoms with Gasteiger partial charge >= 0.3 is 0 Å². The average molecular weight is 396 g/mol. The molecular weight excluding hydrogens is 373 g/mol. The first-order valence-corrected chi connectivity index (χ1v) is 10.4. The van der Waals surface area contributed by atoms with Gasteiger partial charge in [-0.2, -0.15) is 0 Å². The maximum absolute atomic E-state index is 13.1. The monoisotopic (exact) mass is 395 g/mol. The van der Waals surface area contributed by atoms with Crippen LogP contribution >= 0.6 is 11.3 Å². The fraction of sp³-hybridized carbons (Fsp3) is 0.273. The van der Waals surface area contributed by atoms with Crippen LogP contribution in [0, 0.1) is 5.82 Å². The second kappa shape index (κ2) is 8.10. The van der Waals surface area contributed by atoms with Gasteiger partial charge in [-0.3, -0.25) is 4.79 Å². The van der Waals surface area contributed by atoms with Crippen molar-refractivity contribution in [2.24, 2.45) is 0 Å². The summed E-state index contributed by atoms with van der Waals surface area (Å²) in [5.74, 6) is -0.178. The van der Waals surface area contributed by atoms with Crippen molar-refractivity contribution < 1.29 is 9.18 Å². The van der Waals surface area contributed by atoms with Gasteiger partial charge in [-0.25, -0.2) is 9.37 Å². The molecule has 1 aliphatic rings. The van der Waals surface area contributed by atoms with Gasteiger partial charge in [0, 0.05) is 48.4 Å². The number of carbonyl (C=O) groups excluding carboxylic acids is 1. The first-order chi connectivity index (χ1) is 13.6. The largest absolute Gasteiger partial charge is 0.368 e. The van der Waals surface area contributed by atoms with Gasteiger partial charge in [-0.15, -0.1) is 11.3 Å². The highest BCUT2D eigenvalue weighted by atomic mass is 32.1. The summed E-state index contributed by atoms with van der Waals surface area (Å²) in [6.45, 7) is 4.90. The Morgan fingerprint density at radius 3 is 2.32 bits per heavy atom. The summed E-state index contributed by atoms with van der Waals surface area (Å²) in [6, 6.07) is 14.2. The van der Waals surface area contributed by atoms with E-state index in [1.807, 2.05) is 29.2 Å². The van der Waals surface area contributed by atoms with E-state index in [1.165, 1.54) is 12.1 Å². The maximum atomic E-state index is 13.1. The van der Waals surface area contributed by atoms with E-state index < -0.39 is 0 Å². The SMILES string of the molecule is CCc1nc(-c2ccc(C(=O)N3CCN(c4ccc(F)cc4)CC3)cc2)cs1. The van der Waals surface area contributed by atoms with Gasteiger partial charge in [0.25, 0.3) is 5.91 Å². The summed E-state index contributed by atoms with van der Waals surface area (Å²) >= 11 is 1.66. The predicted molar refractivity (Wildman–Crippen MR) is 111 cm³/mol. The minimum absolute atomic E-state index is 0.0535. The Hall–Kier alpha value is -2.73. The summed E-state index contributed by atoms with van der Waals surface area (Å²) in [6.07, 6.45) is 0.936. The molecule has 4 rings (SSSR count). The zero-order valence-electron chi connectivity index (χ0n) is 15.8. The molecule has 0 aliphatic carbocycles. The molecule has 0 unspecified atom stereocenters. The van der Waals surface area contributed by atoms with Crippen molar-refractivity contribution in [3.63, 3.8) is 0 Å². The van der Waals surface area contributed by atoms with Crippen LogP contribution in [0.3, 0.4) is 0 Å². The molecule has 144 valence electrons. The summed E-state index contributed by atoms with van der Waals surface area (Å²) < 4.78 is 13.1. The molecule has 0 N–H and O–H groups in total. The Kier molecular flexibility index (Phi) is 5.39. The second-order valence-corrected chi connectivity index (χ2v) is 7.76. The topological polar surface area (TPSA) is 36.4 Å². The lowest BCUT2D eigenvalue weighted by Gasteiger charge is -2.36. The molecule has 1 amide bonds. The Labute approximate surface area is 168 Å². The molecule has 0 saturated carbocycles. The molecule has 1 fully saturated rings. The van der Waals surface area contributed by atoms with E-state index in [0.717, 1.165) is 41.5 Å². The molecule has 1 saturated heterocycles. The van der Waals surface area contributed by atoms with E-state index in [2.05, 4.69) is 22.2 Å². The number of benzene rings is 2. The van der Waals surface area contributed by atoms with Gasteiger partial charge in [0.15, 0.2) is 0 Å². The molecule has 2 heterocycles. The van der Waals surface area contributed by atoms with Crippen molar-refractivity contribution in [1.82, 2.24) is 9.88 Å². The number of amides is 1. The zero-order chi connectivity index (χ0) is 19.5. The van der Waals surface area contributed by atoms with E-state index in [0.29, 0.717) is 18.7 Å². The number of hydrogen-bond donors (Lipinski definition) is 0. The third kappa shape index (κ3) is 3.92. The van der Waals surface area contributed by atoms with E-state index in [9.17, 15) is 9.18 Å². The fourth-order valence-corrected chi connectivity index (χ4v) is 4.15. The molecule has 2 aromatic carbocycles. The van der Waals surface area contributed by atoms with Crippen molar-refractivity contribution in [2.75, 3.05) is 31.1 Å². The second-order valence-electron chi connectivity index (χ2n) is 6.81. The Morgan fingerprint density at radius 1 is 1.04 bits per heavy atom. The van der Waals surface area contributed by atoms with Crippen molar-refractivity contribution in [3.05, 3.63) is 70.3 Å². The van der Waals surface area contributed by atoms with Crippen LogP contribution in [0.1, 0.15) is 22.3 Å². The quantitative estimate of drug-likeness (QED) is 0.654. The van der Waals surface area contributed by atoms with Gasteiger partial charge in [0.05, 0.1) is 10.7 Å². The third-order valence-electron chi connectivity index (χ3n) is 5.04. The average Bonchev–Trinajstić information content (AvgIpc) is 3.23. The van der Waals surface area contributed by atoms with Gasteiger partial charge in [0.1, 0.15) is 5.82 Å². The molecule has 0 radical (unpaired) electrons. The normalized spacial score (nSPS) is 14.4. The Balaban J connectivity index is 1.39. The number of nitrogens with zero attached hydrogens (tertiary/aromatic N) is 3. The first-order valence-electron chi connectivity index (χ1n) is 9.48. The van der Waals surface area contributed by atoms with Crippen LogP contribution in [-0.2, 0) is 6.42 Å². The highest BCUT2D eigenvalue weighted by Crippen LogP contribution is 2.23. The lowest BCUT2D eigenvalue weighted by atomic mass is 10.1. The molecule has 0 bridgehead atoms. The minimum atomic E-state index is -0.232. The molecule has 28 heavy (non-hydrogen) atoms. The standard InChI is InChI=1S/C22H22FN3OS/c1-2-21-24-20(15-28-21)16-3-5-17(6-4-16)22(27)26-13-11-25(12-14-26)19-9-7-18(23)8-10-19/h3-10,15H,2,11-14H2,1H3. The molecule has 6 heteroatoms. The molecule has 3 aromatic rings. The number of aryl methyl sites for hydroxylation is 1. The van der Waals surface area contributed by atoms with E-state index in [4.69, 9.17) is 0 Å². The number of halogens is 1. The zero-order valence-corrected chi connectivity index (χ0v) is 16.6. The van der Waals surface area contributed by atoms with Crippen LogP contribution in [0.2, 0.25) is 0 Å². The number of hydrogen-bond acceptors (Lipinski definition) is 4. The summed E-state index contributed by atoms with van der Waals surface area (Å²) in [4.78, 5) is 21.5. The van der Waals surface area contributed by atoms with Crippen LogP contribution in [-0.4, -0.2) is 42.0 Å². The number of anilines is 1. The maximum Gasteiger partial charge on any atom is 0.253 e. The summed E-state index contributed by atoms with van der Waals surface area (Å²) in [5, 5.41) is 3.18. The molecule has 1 aliphatic heterocycles. The molecule has 0 atom stereocenters. The summed E-state index contributed by atoms with van der Waals surface area (Å²) in [7, 11) is 0. The van der Waals surface area contributed by atoms with Gasteiger partial charge < -0.3 is 9.80 Å². The number of thiazole rings is 1. The van der Waals surface area contributed by atoms with Gasteiger partial charge in [-0.05, 0) is 42.8 Å². The highest BCUT2D eigenvalue weighted by Gasteiger charge is 2.22. The van der Waals surface area contributed by atoms with E-state index >= 15 is 0 Å². The van der Waals surface area contributed by atoms with Gasteiger partial charge in [0.2, 0.25) is 0 Å². The highest BCUT2D eigenvalue weighted by molar-refractivity contribution is 7.09. The minimum Gasteiger partial charge on any atom is -0.368 e. The van der Waals surface area contributed by atoms with E-state index in [1.54, 1.807) is 23.5 Å². The van der Waals surface area contributed by atoms with Gasteiger partial charge in [-0.1, -0.05) is 19.1 Å². The fourth-order valence-electron chi connectivity index (χ4n) is 3.39. The van der Waals surface area contributed by atoms with Crippen molar-refractivity contribution in [2.45, 2.75) is 13.3 Å². The van der Waals surface area contributed by atoms with Crippen molar-refractivity contribution in [1.29, 1.82) is 0 Å². The molecule has 4 nitrogen and oxygen atoms in total. The number of carbonyl (C=O) groups is 1. The Bertz CT molecular complexity index is 945. The van der Waals surface area contributed by atoms with Crippen LogP contribution in [0.15, 0.2) is 53.9 Å². The first kappa shape index (κ1) is 18.6. The lowest BCUT2D eigenvalue weighted by Crippen LogP contribution is -2.48.